The molecule has 0 aromatic rings. The van der Waals surface area contributed by atoms with E-state index in [0.717, 1.165) is 22.8 Å². The SMILES string of the molecule is CCC[CH2][Sn]([CH2]CCC)[CH2]CCC.[N-]=[N+]=[N][Sn]. The van der Waals surface area contributed by atoms with Gasteiger partial charge in [0.05, 0.1) is 0 Å². The predicted molar refractivity (Wildman–Crippen MR) is 79.8 cm³/mol. The first-order valence-electron chi connectivity index (χ1n) is 6.81. The van der Waals surface area contributed by atoms with Crippen LogP contribution < -0.4 is 0 Å². The van der Waals surface area contributed by atoms with Gasteiger partial charge in [0.15, 0.2) is 0 Å². The van der Waals surface area contributed by atoms with Crippen LogP contribution in [-0.4, -0.2) is 42.6 Å². The fraction of sp³-hybridized carbons (Fsp3) is 1.00. The van der Waals surface area contributed by atoms with Gasteiger partial charge in [0, 0.05) is 0 Å². The zero-order chi connectivity index (χ0) is 13.4. The van der Waals surface area contributed by atoms with E-state index < -0.39 is 19.8 Å². The second kappa shape index (κ2) is 19.3. The summed E-state index contributed by atoms with van der Waals surface area (Å²) < 4.78 is 8.04. The molecule has 0 saturated heterocycles. The molecule has 0 rings (SSSR count). The number of rotatable bonds is 9. The van der Waals surface area contributed by atoms with Crippen LogP contribution in [0.5, 0.6) is 0 Å². The van der Waals surface area contributed by atoms with Gasteiger partial charge in [0.1, 0.15) is 0 Å². The normalized spacial score (nSPS) is 9.47. The van der Waals surface area contributed by atoms with Gasteiger partial charge in [0.2, 0.25) is 0 Å². The van der Waals surface area contributed by atoms with Crippen molar-refractivity contribution >= 4 is 42.6 Å². The number of hydrogen-bond acceptors (Lipinski definition) is 1. The van der Waals surface area contributed by atoms with Gasteiger partial charge in [-0.05, 0) is 0 Å². The van der Waals surface area contributed by atoms with Crippen molar-refractivity contribution in [2.24, 2.45) is 3.34 Å². The zero-order valence-electron chi connectivity index (χ0n) is 11.7. The molecular formula is C12H27N3Sn2. The van der Waals surface area contributed by atoms with E-state index in [-0.39, 0.29) is 0 Å². The molecule has 0 aromatic heterocycles. The van der Waals surface area contributed by atoms with Crippen LogP contribution >= 0.6 is 0 Å². The van der Waals surface area contributed by atoms with E-state index in [9.17, 15) is 0 Å². The maximum absolute atomic E-state index is 7.36. The molecule has 0 unspecified atom stereocenters. The topological polar surface area (TPSA) is 48.8 Å². The number of nitrogens with zero attached hydrogens (tertiary/aromatic N) is 3. The van der Waals surface area contributed by atoms with Gasteiger partial charge in [-0.1, -0.05) is 0 Å². The average molecular weight is 451 g/mol. The molecule has 0 aliphatic rings. The summed E-state index contributed by atoms with van der Waals surface area (Å²) in [4.78, 5) is 2.40. The number of hydrogen-bond donors (Lipinski definition) is 0. The minimum absolute atomic E-state index is 0.839. The molecule has 5 heteroatoms. The molecule has 0 N–H and O–H groups in total. The third kappa shape index (κ3) is 19.4. The molecule has 0 atom stereocenters. The Labute approximate surface area is 128 Å². The van der Waals surface area contributed by atoms with Crippen molar-refractivity contribution in [3.8, 4) is 0 Å². The number of azide groups is 1. The summed E-state index contributed by atoms with van der Waals surface area (Å²) in [5, 5.41) is 0. The molecule has 0 amide bonds. The minimum atomic E-state index is -0.839. The molecule has 0 heterocycles. The van der Waals surface area contributed by atoms with Crippen LogP contribution in [0.2, 0.25) is 13.3 Å². The Balaban J connectivity index is 0. The molecule has 3 nitrogen and oxygen atoms in total. The first kappa shape index (κ1) is 20.2. The third-order valence-corrected chi connectivity index (χ3v) is 12.0. The number of unbranched alkanes of at least 4 members (excludes halogenated alkanes) is 3. The second-order valence-corrected chi connectivity index (χ2v) is 13.4. The van der Waals surface area contributed by atoms with E-state index in [2.05, 4.69) is 29.0 Å². The molecule has 0 fully saturated rings. The zero-order valence-corrected chi connectivity index (χ0v) is 17.4. The summed E-state index contributed by atoms with van der Waals surface area (Å²) in [6.45, 7) is 7.00. The summed E-state index contributed by atoms with van der Waals surface area (Å²) in [6.07, 6.45) is 8.85. The fourth-order valence-electron chi connectivity index (χ4n) is 1.66. The third-order valence-electron chi connectivity index (χ3n) is 2.70. The molecule has 0 aliphatic carbocycles. The molecule has 98 valence electrons. The molecule has 0 saturated carbocycles. The van der Waals surface area contributed by atoms with Crippen LogP contribution in [0.3, 0.4) is 0 Å². The van der Waals surface area contributed by atoms with Gasteiger partial charge in [-0.3, -0.25) is 0 Å². The van der Waals surface area contributed by atoms with Crippen molar-refractivity contribution in [3.05, 3.63) is 10.4 Å². The fourth-order valence-corrected chi connectivity index (χ4v) is 11.1. The molecule has 4 radical (unpaired) electrons. The van der Waals surface area contributed by atoms with Gasteiger partial charge < -0.3 is 0 Å². The monoisotopic (exact) mass is 453 g/mol. The summed E-state index contributed by atoms with van der Waals surface area (Å²) >= 11 is 0.0371. The van der Waals surface area contributed by atoms with Gasteiger partial charge in [-0.25, -0.2) is 0 Å². The Kier molecular flexibility index (Phi) is 22.9. The van der Waals surface area contributed by atoms with Gasteiger partial charge >= 0.3 is 129 Å². The summed E-state index contributed by atoms with van der Waals surface area (Å²) in [5.41, 5.74) is 7.36. The first-order chi connectivity index (χ1) is 8.26. The molecule has 0 bridgehead atoms. The Morgan fingerprint density at radius 1 is 0.941 bits per heavy atom. The van der Waals surface area contributed by atoms with E-state index in [0.29, 0.717) is 0 Å². The van der Waals surface area contributed by atoms with Crippen LogP contribution in [0.15, 0.2) is 3.34 Å². The van der Waals surface area contributed by atoms with Crippen molar-refractivity contribution in [1.29, 1.82) is 0 Å². The van der Waals surface area contributed by atoms with E-state index in [4.69, 9.17) is 5.53 Å². The van der Waals surface area contributed by atoms with Crippen LogP contribution in [0.1, 0.15) is 59.3 Å². The van der Waals surface area contributed by atoms with Crippen molar-refractivity contribution < 1.29 is 0 Å². The van der Waals surface area contributed by atoms with Crippen molar-refractivity contribution in [1.82, 2.24) is 0 Å². The predicted octanol–water partition coefficient (Wildman–Crippen LogP) is 5.26. The molecular weight excluding hydrogens is 424 g/mol. The summed E-state index contributed by atoms with van der Waals surface area (Å²) in [7, 11) is 0. The van der Waals surface area contributed by atoms with Crippen molar-refractivity contribution in [2.45, 2.75) is 72.6 Å². The quantitative estimate of drug-likeness (QED) is 0.199. The standard InChI is InChI=1S/3C4H9.N3.2Sn/c3*1-3-4-2;1-3-2;;/h3*1,3-4H2,2H3;;;/q;;;-1;;+1. The van der Waals surface area contributed by atoms with E-state index in [1.807, 2.05) is 0 Å². The molecule has 17 heavy (non-hydrogen) atoms. The van der Waals surface area contributed by atoms with Crippen LogP contribution in [0.25, 0.3) is 10.4 Å². The van der Waals surface area contributed by atoms with E-state index in [1.54, 1.807) is 13.3 Å². The summed E-state index contributed by atoms with van der Waals surface area (Å²) in [6, 6.07) is 0. The van der Waals surface area contributed by atoms with Gasteiger partial charge in [0.25, 0.3) is 0 Å². The molecule has 0 aromatic carbocycles. The Bertz CT molecular complexity index is 164. The van der Waals surface area contributed by atoms with Crippen molar-refractivity contribution in [3.63, 3.8) is 0 Å². The van der Waals surface area contributed by atoms with Crippen molar-refractivity contribution in [2.75, 3.05) is 0 Å². The van der Waals surface area contributed by atoms with Gasteiger partial charge in [-0.2, -0.15) is 0 Å². The Hall–Kier alpha value is 0.907. The molecule has 0 spiro atoms. The van der Waals surface area contributed by atoms with Crippen LogP contribution in [-0.2, 0) is 0 Å². The Morgan fingerprint density at radius 3 is 1.41 bits per heavy atom. The molecule has 0 aliphatic heterocycles. The second-order valence-electron chi connectivity index (χ2n) is 4.25. The average Bonchev–Trinajstić information content (AvgIpc) is 2.38. The van der Waals surface area contributed by atoms with Crippen LogP contribution in [0.4, 0.5) is 0 Å². The van der Waals surface area contributed by atoms with Gasteiger partial charge in [-0.15, -0.1) is 0 Å². The maximum atomic E-state index is 7.36. The summed E-state index contributed by atoms with van der Waals surface area (Å²) in [5.74, 6) is 0. The Morgan fingerprint density at radius 2 is 1.24 bits per heavy atom. The van der Waals surface area contributed by atoms with Crippen LogP contribution in [0, 0.1) is 0 Å². The van der Waals surface area contributed by atoms with E-state index >= 15 is 0 Å². The first-order valence-corrected chi connectivity index (χ1v) is 14.1. The van der Waals surface area contributed by atoms with E-state index in [1.165, 1.54) is 38.5 Å².